The zero-order chi connectivity index (χ0) is 18.5. The van der Waals surface area contributed by atoms with Gasteiger partial charge < -0.3 is 14.8 Å². The molecule has 1 N–H and O–H groups in total. The van der Waals surface area contributed by atoms with Crippen LogP contribution in [0.25, 0.3) is 0 Å². The monoisotopic (exact) mass is 387 g/mol. The molecule has 0 unspecified atom stereocenters. The summed E-state index contributed by atoms with van der Waals surface area (Å²) in [5.41, 5.74) is 4.60. The van der Waals surface area contributed by atoms with E-state index < -0.39 is 0 Å². The maximum absolute atomic E-state index is 5.39. The van der Waals surface area contributed by atoms with Crippen molar-refractivity contribution >= 4 is 33.9 Å². The van der Waals surface area contributed by atoms with Crippen molar-refractivity contribution < 1.29 is 9.47 Å². The Bertz CT molecular complexity index is 879. The minimum Gasteiger partial charge on any atom is -0.493 e. The minimum absolute atomic E-state index is 0.743. The molecule has 0 bridgehead atoms. The molecule has 7 heteroatoms. The highest BCUT2D eigenvalue weighted by molar-refractivity contribution is 8.00. The van der Waals surface area contributed by atoms with Gasteiger partial charge in [0.05, 0.1) is 14.2 Å². The first-order chi connectivity index (χ1) is 12.6. The van der Waals surface area contributed by atoms with Gasteiger partial charge in [-0.15, -0.1) is 10.2 Å². The third-order valence-electron chi connectivity index (χ3n) is 3.90. The average molecular weight is 388 g/mol. The first-order valence-corrected chi connectivity index (χ1v) is 9.90. The topological polar surface area (TPSA) is 56.3 Å². The Balaban J connectivity index is 1.65. The van der Waals surface area contributed by atoms with Crippen LogP contribution in [0, 0.1) is 13.8 Å². The Morgan fingerprint density at radius 2 is 1.69 bits per heavy atom. The summed E-state index contributed by atoms with van der Waals surface area (Å²) in [4.78, 5) is 0. The van der Waals surface area contributed by atoms with E-state index in [2.05, 4.69) is 41.5 Å². The lowest BCUT2D eigenvalue weighted by Gasteiger charge is -2.12. The molecule has 3 rings (SSSR count). The van der Waals surface area contributed by atoms with Crippen LogP contribution in [-0.2, 0) is 5.75 Å². The first kappa shape index (κ1) is 18.5. The van der Waals surface area contributed by atoms with E-state index in [4.69, 9.17) is 9.47 Å². The summed E-state index contributed by atoms with van der Waals surface area (Å²) in [7, 11) is 3.30. The first-order valence-electron chi connectivity index (χ1n) is 8.10. The molecule has 0 aliphatic carbocycles. The summed E-state index contributed by atoms with van der Waals surface area (Å²) in [6.07, 6.45) is 0. The number of hydrogen-bond acceptors (Lipinski definition) is 7. The van der Waals surface area contributed by atoms with Gasteiger partial charge in [0.2, 0.25) is 5.13 Å². The summed E-state index contributed by atoms with van der Waals surface area (Å²) in [6, 6.07) is 12.2. The average Bonchev–Trinajstić information content (AvgIpc) is 3.09. The Morgan fingerprint density at radius 1 is 1.00 bits per heavy atom. The molecule has 2 aromatic carbocycles. The molecule has 0 saturated heterocycles. The molecule has 0 aliphatic heterocycles. The van der Waals surface area contributed by atoms with Crippen molar-refractivity contribution in [2.75, 3.05) is 19.5 Å². The van der Waals surface area contributed by atoms with E-state index in [1.165, 1.54) is 11.1 Å². The number of nitrogens with zero attached hydrogens (tertiary/aromatic N) is 2. The number of methoxy groups -OCH3 is 2. The maximum atomic E-state index is 5.39. The lowest BCUT2D eigenvalue weighted by Crippen LogP contribution is -1.95. The number of hydrogen-bond donors (Lipinski definition) is 1. The van der Waals surface area contributed by atoms with Gasteiger partial charge in [0, 0.05) is 11.4 Å². The van der Waals surface area contributed by atoms with Gasteiger partial charge in [-0.1, -0.05) is 40.8 Å². The van der Waals surface area contributed by atoms with Gasteiger partial charge >= 0.3 is 0 Å². The van der Waals surface area contributed by atoms with Crippen LogP contribution < -0.4 is 14.8 Å². The lowest BCUT2D eigenvalue weighted by molar-refractivity contribution is 0.354. The van der Waals surface area contributed by atoms with E-state index >= 15 is 0 Å². The number of benzene rings is 2. The van der Waals surface area contributed by atoms with Crippen molar-refractivity contribution in [3.8, 4) is 11.5 Å². The molecular weight excluding hydrogens is 366 g/mol. The second-order valence-corrected chi connectivity index (χ2v) is 7.99. The number of aromatic nitrogens is 2. The molecule has 26 heavy (non-hydrogen) atoms. The second-order valence-electron chi connectivity index (χ2n) is 5.79. The molecule has 0 atom stereocenters. The van der Waals surface area contributed by atoms with E-state index in [-0.39, 0.29) is 0 Å². The van der Waals surface area contributed by atoms with Crippen LogP contribution >= 0.6 is 23.1 Å². The van der Waals surface area contributed by atoms with Gasteiger partial charge in [-0.2, -0.15) is 0 Å². The van der Waals surface area contributed by atoms with Crippen molar-refractivity contribution in [2.45, 2.75) is 23.9 Å². The highest BCUT2D eigenvalue weighted by Gasteiger charge is 2.11. The molecule has 0 fully saturated rings. The zero-order valence-corrected chi connectivity index (χ0v) is 16.8. The number of thioether (sulfide) groups is 1. The zero-order valence-electron chi connectivity index (χ0n) is 15.2. The number of aryl methyl sites for hydroxylation is 2. The summed E-state index contributed by atoms with van der Waals surface area (Å²) in [5.74, 6) is 2.29. The van der Waals surface area contributed by atoms with Crippen LogP contribution in [0.1, 0.15) is 16.7 Å². The molecule has 0 aliphatic rings. The van der Waals surface area contributed by atoms with Crippen LogP contribution in [0.15, 0.2) is 40.7 Å². The van der Waals surface area contributed by atoms with Gasteiger partial charge in [-0.05, 0) is 49.2 Å². The summed E-state index contributed by atoms with van der Waals surface area (Å²) < 4.78 is 11.7. The molecule has 0 amide bonds. The van der Waals surface area contributed by atoms with E-state index in [0.717, 1.165) is 38.0 Å². The van der Waals surface area contributed by atoms with E-state index in [1.54, 1.807) is 37.3 Å². The second kappa shape index (κ2) is 8.42. The standard InChI is InChI=1S/C19H21N3O2S2/c1-12-5-7-15(8-6-12)20-18-21-22-19(26-18)25-11-14-10-17(24-4)16(23-3)9-13(14)2/h5-10H,11H2,1-4H3,(H,20,21). The van der Waals surface area contributed by atoms with Crippen LogP contribution in [0.3, 0.4) is 0 Å². The van der Waals surface area contributed by atoms with E-state index in [9.17, 15) is 0 Å². The van der Waals surface area contributed by atoms with Crippen LogP contribution in [0.5, 0.6) is 11.5 Å². The predicted molar refractivity (Wildman–Crippen MR) is 108 cm³/mol. The fraction of sp³-hybridized carbons (Fsp3) is 0.263. The summed E-state index contributed by atoms with van der Waals surface area (Å²) >= 11 is 3.21. The van der Waals surface area contributed by atoms with Gasteiger partial charge in [0.15, 0.2) is 15.8 Å². The molecule has 3 aromatic rings. The smallest absolute Gasteiger partial charge is 0.210 e. The van der Waals surface area contributed by atoms with Crippen molar-refractivity contribution in [2.24, 2.45) is 0 Å². The Hall–Kier alpha value is -2.25. The van der Waals surface area contributed by atoms with Crippen LogP contribution in [0.2, 0.25) is 0 Å². The van der Waals surface area contributed by atoms with Gasteiger partial charge in [-0.25, -0.2) is 0 Å². The predicted octanol–water partition coefficient (Wildman–Crippen LogP) is 5.21. The Labute approximate surface area is 161 Å². The molecule has 1 aromatic heterocycles. The van der Waals surface area contributed by atoms with Gasteiger partial charge in [-0.3, -0.25) is 0 Å². The highest BCUT2D eigenvalue weighted by Crippen LogP contribution is 2.35. The molecule has 5 nitrogen and oxygen atoms in total. The Kier molecular flexibility index (Phi) is 6.00. The van der Waals surface area contributed by atoms with Crippen molar-refractivity contribution in [3.63, 3.8) is 0 Å². The highest BCUT2D eigenvalue weighted by atomic mass is 32.2. The molecule has 1 heterocycles. The molecular formula is C19H21N3O2S2. The number of rotatable bonds is 7. The number of anilines is 2. The van der Waals surface area contributed by atoms with Gasteiger partial charge in [0.1, 0.15) is 0 Å². The SMILES string of the molecule is COc1cc(C)c(CSc2nnc(Nc3ccc(C)cc3)s2)cc1OC. The molecule has 0 radical (unpaired) electrons. The largest absolute Gasteiger partial charge is 0.493 e. The van der Waals surface area contributed by atoms with Crippen LogP contribution in [0.4, 0.5) is 10.8 Å². The van der Waals surface area contributed by atoms with Crippen molar-refractivity contribution in [3.05, 3.63) is 53.1 Å². The van der Waals surface area contributed by atoms with Gasteiger partial charge in [0.25, 0.3) is 0 Å². The summed E-state index contributed by atoms with van der Waals surface area (Å²) in [6.45, 7) is 4.14. The molecule has 0 saturated carbocycles. The fourth-order valence-electron chi connectivity index (χ4n) is 2.40. The third kappa shape index (κ3) is 4.47. The minimum atomic E-state index is 0.743. The number of ether oxygens (including phenoxy) is 2. The third-order valence-corrected chi connectivity index (χ3v) is 5.92. The van der Waals surface area contributed by atoms with Crippen molar-refractivity contribution in [1.82, 2.24) is 10.2 Å². The quantitative estimate of drug-likeness (QED) is 0.562. The van der Waals surface area contributed by atoms with E-state index in [1.807, 2.05) is 24.3 Å². The Morgan fingerprint density at radius 3 is 2.38 bits per heavy atom. The molecule has 136 valence electrons. The number of nitrogens with one attached hydrogen (secondary N) is 1. The summed E-state index contributed by atoms with van der Waals surface area (Å²) in [5, 5.41) is 12.6. The van der Waals surface area contributed by atoms with Crippen LogP contribution in [-0.4, -0.2) is 24.4 Å². The van der Waals surface area contributed by atoms with Crippen molar-refractivity contribution in [1.29, 1.82) is 0 Å². The lowest BCUT2D eigenvalue weighted by atomic mass is 10.1. The maximum Gasteiger partial charge on any atom is 0.210 e. The van der Waals surface area contributed by atoms with E-state index in [0.29, 0.717) is 0 Å². The fourth-order valence-corrected chi connectivity index (χ4v) is 4.23. The normalized spacial score (nSPS) is 10.6. The molecule has 0 spiro atoms.